The number of aromatic nitrogens is 3. The van der Waals surface area contributed by atoms with Crippen LogP contribution in [-0.4, -0.2) is 21.4 Å². The highest BCUT2D eigenvalue weighted by molar-refractivity contribution is 5.81. The van der Waals surface area contributed by atoms with E-state index in [4.69, 9.17) is 0 Å². The number of fused-ring (bicyclic) bond motifs is 2. The van der Waals surface area contributed by atoms with Gasteiger partial charge in [-0.25, -0.2) is 4.39 Å². The zero-order chi connectivity index (χ0) is 12.8. The predicted molar refractivity (Wildman–Crippen MR) is 71.0 cm³/mol. The average molecular weight is 256 g/mol. The van der Waals surface area contributed by atoms with Crippen molar-refractivity contribution in [3.63, 3.8) is 0 Å². The number of rotatable bonds is 1. The molecular formula is C14H13FN4. The molecule has 2 aromatic heterocycles. The summed E-state index contributed by atoms with van der Waals surface area (Å²) < 4.78 is 15.7. The predicted octanol–water partition coefficient (Wildman–Crippen LogP) is 2.20. The summed E-state index contributed by atoms with van der Waals surface area (Å²) in [5.41, 5.74) is 3.33. The van der Waals surface area contributed by atoms with E-state index in [9.17, 15) is 4.39 Å². The first-order valence-corrected chi connectivity index (χ1v) is 6.35. The minimum atomic E-state index is -0.171. The molecule has 0 saturated heterocycles. The number of hydrogen-bond acceptors (Lipinski definition) is 2. The van der Waals surface area contributed by atoms with E-state index in [1.165, 1.54) is 11.6 Å². The third kappa shape index (κ3) is 1.54. The molecule has 4 nitrogen and oxygen atoms in total. The summed E-state index contributed by atoms with van der Waals surface area (Å²) in [5, 5.41) is 9.97. The fourth-order valence-electron chi connectivity index (χ4n) is 2.75. The second-order valence-electron chi connectivity index (χ2n) is 4.84. The van der Waals surface area contributed by atoms with Crippen molar-refractivity contribution in [2.45, 2.75) is 13.0 Å². The lowest BCUT2D eigenvalue weighted by Crippen LogP contribution is -2.38. The molecule has 0 saturated carbocycles. The van der Waals surface area contributed by atoms with Gasteiger partial charge in [0, 0.05) is 18.1 Å². The standard InChI is InChI=1S/C14H13FN4/c15-12-2-1-3-14-11(12)5-7-19(14)18-6-4-10-8-16-17-13(10)9-18/h1-3,5,7-8H,4,6,9H2,(H,16,17). The molecule has 0 aliphatic carbocycles. The van der Waals surface area contributed by atoms with E-state index in [2.05, 4.69) is 15.2 Å². The molecule has 3 heterocycles. The lowest BCUT2D eigenvalue weighted by atomic mass is 10.1. The summed E-state index contributed by atoms with van der Waals surface area (Å²) in [4.78, 5) is 0. The quantitative estimate of drug-likeness (QED) is 0.724. The molecule has 0 amide bonds. The number of nitrogens with one attached hydrogen (secondary N) is 1. The zero-order valence-corrected chi connectivity index (χ0v) is 10.3. The fraction of sp³-hybridized carbons (Fsp3) is 0.214. The summed E-state index contributed by atoms with van der Waals surface area (Å²) in [6.07, 6.45) is 4.77. The van der Waals surface area contributed by atoms with Crippen LogP contribution in [0.5, 0.6) is 0 Å². The molecule has 3 aromatic rings. The molecule has 4 rings (SSSR count). The van der Waals surface area contributed by atoms with Gasteiger partial charge in [0.05, 0.1) is 24.0 Å². The second-order valence-corrected chi connectivity index (χ2v) is 4.84. The molecule has 96 valence electrons. The van der Waals surface area contributed by atoms with Crippen molar-refractivity contribution in [3.05, 3.63) is 53.7 Å². The van der Waals surface area contributed by atoms with Crippen LogP contribution >= 0.6 is 0 Å². The summed E-state index contributed by atoms with van der Waals surface area (Å²) in [6, 6.07) is 7.02. The number of halogens is 1. The summed E-state index contributed by atoms with van der Waals surface area (Å²) in [6.45, 7) is 1.68. The van der Waals surface area contributed by atoms with Gasteiger partial charge in [0.25, 0.3) is 0 Å². The van der Waals surface area contributed by atoms with E-state index in [-0.39, 0.29) is 5.82 Å². The molecule has 0 bridgehead atoms. The van der Waals surface area contributed by atoms with Gasteiger partial charge in [0.2, 0.25) is 0 Å². The van der Waals surface area contributed by atoms with Gasteiger partial charge in [-0.1, -0.05) is 6.07 Å². The van der Waals surface area contributed by atoms with Crippen molar-refractivity contribution in [2.75, 3.05) is 11.6 Å². The van der Waals surface area contributed by atoms with Gasteiger partial charge >= 0.3 is 0 Å². The van der Waals surface area contributed by atoms with Crippen LogP contribution in [0.4, 0.5) is 4.39 Å². The lowest BCUT2D eigenvalue weighted by molar-refractivity contribution is 0.561. The number of benzene rings is 1. The van der Waals surface area contributed by atoms with Crippen LogP contribution in [0.15, 0.2) is 36.7 Å². The van der Waals surface area contributed by atoms with Crippen LogP contribution in [0.2, 0.25) is 0 Å². The van der Waals surface area contributed by atoms with E-state index in [0.717, 1.165) is 30.7 Å². The molecule has 1 aromatic carbocycles. The van der Waals surface area contributed by atoms with Crippen molar-refractivity contribution in [3.8, 4) is 0 Å². The maximum absolute atomic E-state index is 13.7. The van der Waals surface area contributed by atoms with E-state index < -0.39 is 0 Å². The Bertz CT molecular complexity index is 743. The Morgan fingerprint density at radius 3 is 3.16 bits per heavy atom. The molecule has 1 N–H and O–H groups in total. The number of nitrogens with zero attached hydrogens (tertiary/aromatic N) is 3. The molecule has 0 unspecified atom stereocenters. The van der Waals surface area contributed by atoms with Crippen molar-refractivity contribution >= 4 is 10.9 Å². The minimum Gasteiger partial charge on any atom is -0.306 e. The van der Waals surface area contributed by atoms with Gasteiger partial charge in [0.15, 0.2) is 0 Å². The summed E-state index contributed by atoms with van der Waals surface area (Å²) in [5.74, 6) is -0.171. The minimum absolute atomic E-state index is 0.171. The van der Waals surface area contributed by atoms with Gasteiger partial charge < -0.3 is 5.01 Å². The SMILES string of the molecule is Fc1cccc2c1ccn2N1CCc2cn[nH]c2C1. The Morgan fingerprint density at radius 2 is 2.21 bits per heavy atom. The average Bonchev–Trinajstić information content (AvgIpc) is 3.04. The van der Waals surface area contributed by atoms with Gasteiger partial charge in [-0.3, -0.25) is 9.77 Å². The first-order valence-electron chi connectivity index (χ1n) is 6.35. The molecule has 1 aliphatic rings. The van der Waals surface area contributed by atoms with Crippen LogP contribution in [0.3, 0.4) is 0 Å². The van der Waals surface area contributed by atoms with E-state index in [1.807, 2.05) is 29.2 Å². The number of hydrogen-bond donors (Lipinski definition) is 1. The molecule has 1 aliphatic heterocycles. The fourth-order valence-corrected chi connectivity index (χ4v) is 2.75. The summed E-state index contributed by atoms with van der Waals surface area (Å²) in [7, 11) is 0. The van der Waals surface area contributed by atoms with Crippen molar-refractivity contribution in [1.82, 2.24) is 14.9 Å². The van der Waals surface area contributed by atoms with Crippen LogP contribution in [0.25, 0.3) is 10.9 Å². The first-order chi connectivity index (χ1) is 9.33. The Balaban J connectivity index is 1.78. The van der Waals surface area contributed by atoms with Crippen LogP contribution in [0.1, 0.15) is 11.3 Å². The molecule has 5 heteroatoms. The molecule has 0 fully saturated rings. The van der Waals surface area contributed by atoms with Crippen molar-refractivity contribution in [1.29, 1.82) is 0 Å². The highest BCUT2D eigenvalue weighted by atomic mass is 19.1. The normalized spacial score (nSPS) is 14.9. The Morgan fingerprint density at radius 1 is 1.26 bits per heavy atom. The largest absolute Gasteiger partial charge is 0.306 e. The van der Waals surface area contributed by atoms with Crippen molar-refractivity contribution in [2.24, 2.45) is 0 Å². The molecular weight excluding hydrogens is 243 g/mol. The Hall–Kier alpha value is -2.30. The third-order valence-electron chi connectivity index (χ3n) is 3.75. The monoisotopic (exact) mass is 256 g/mol. The zero-order valence-electron chi connectivity index (χ0n) is 10.3. The van der Waals surface area contributed by atoms with E-state index in [0.29, 0.717) is 5.39 Å². The van der Waals surface area contributed by atoms with E-state index >= 15 is 0 Å². The van der Waals surface area contributed by atoms with Gasteiger partial charge in [-0.15, -0.1) is 0 Å². The topological polar surface area (TPSA) is 36.9 Å². The van der Waals surface area contributed by atoms with Gasteiger partial charge in [-0.2, -0.15) is 5.10 Å². The van der Waals surface area contributed by atoms with Gasteiger partial charge in [0.1, 0.15) is 5.82 Å². The number of aromatic amines is 1. The summed E-state index contributed by atoms with van der Waals surface area (Å²) >= 11 is 0. The highest BCUT2D eigenvalue weighted by Crippen LogP contribution is 2.22. The number of H-pyrrole nitrogens is 1. The third-order valence-corrected chi connectivity index (χ3v) is 3.75. The van der Waals surface area contributed by atoms with Crippen molar-refractivity contribution < 1.29 is 4.39 Å². The van der Waals surface area contributed by atoms with E-state index in [1.54, 1.807) is 6.07 Å². The van der Waals surface area contributed by atoms with Crippen LogP contribution in [-0.2, 0) is 13.0 Å². The highest BCUT2D eigenvalue weighted by Gasteiger charge is 2.19. The smallest absolute Gasteiger partial charge is 0.132 e. The maximum Gasteiger partial charge on any atom is 0.132 e. The lowest BCUT2D eigenvalue weighted by Gasteiger charge is -2.30. The van der Waals surface area contributed by atoms with Crippen LogP contribution in [0, 0.1) is 5.82 Å². The molecule has 0 radical (unpaired) electrons. The Labute approximate surface area is 109 Å². The van der Waals surface area contributed by atoms with Crippen LogP contribution < -0.4 is 5.01 Å². The first kappa shape index (κ1) is 10.6. The Kier molecular flexibility index (Phi) is 2.15. The maximum atomic E-state index is 13.7. The second kappa shape index (κ2) is 3.85. The molecule has 0 atom stereocenters. The molecule has 19 heavy (non-hydrogen) atoms. The van der Waals surface area contributed by atoms with Gasteiger partial charge in [-0.05, 0) is 30.2 Å². The molecule has 0 spiro atoms.